The number of ether oxygens (including phenoxy) is 1. The van der Waals surface area contributed by atoms with Gasteiger partial charge in [-0.25, -0.2) is 0 Å². The minimum absolute atomic E-state index is 0.491. The van der Waals surface area contributed by atoms with Gasteiger partial charge in [-0.3, -0.25) is 0 Å². The smallest absolute Gasteiger partial charge is 0.0493 e. The SMILES string of the molecule is COCC(C)C1(C)CCC(CCCC(C)C)CC1C. The van der Waals surface area contributed by atoms with Crippen molar-refractivity contribution >= 4 is 0 Å². The summed E-state index contributed by atoms with van der Waals surface area (Å²) in [6.45, 7) is 12.9. The Morgan fingerprint density at radius 2 is 1.95 bits per heavy atom. The molecule has 0 aromatic carbocycles. The molecule has 1 aliphatic rings. The molecular formula is C18H36O. The van der Waals surface area contributed by atoms with Crippen LogP contribution < -0.4 is 0 Å². The third-order valence-electron chi connectivity index (χ3n) is 5.84. The molecule has 0 bridgehead atoms. The maximum Gasteiger partial charge on any atom is 0.0493 e. The zero-order valence-electron chi connectivity index (χ0n) is 14.2. The molecule has 1 rings (SSSR count). The Bertz CT molecular complexity index is 248. The molecule has 4 atom stereocenters. The molecule has 0 aliphatic heterocycles. The maximum atomic E-state index is 5.39. The first-order valence-corrected chi connectivity index (χ1v) is 8.39. The second kappa shape index (κ2) is 7.67. The predicted octanol–water partition coefficient (Wildman–Crippen LogP) is 5.54. The van der Waals surface area contributed by atoms with E-state index in [1.54, 1.807) is 0 Å². The van der Waals surface area contributed by atoms with Gasteiger partial charge in [-0.15, -0.1) is 0 Å². The van der Waals surface area contributed by atoms with Crippen LogP contribution in [-0.4, -0.2) is 13.7 Å². The fourth-order valence-electron chi connectivity index (χ4n) is 3.90. The van der Waals surface area contributed by atoms with Crippen molar-refractivity contribution in [3.8, 4) is 0 Å². The Morgan fingerprint density at radius 3 is 2.47 bits per heavy atom. The third kappa shape index (κ3) is 4.77. The molecule has 0 aromatic rings. The second-order valence-electron chi connectivity index (χ2n) is 7.73. The summed E-state index contributed by atoms with van der Waals surface area (Å²) in [7, 11) is 1.84. The van der Waals surface area contributed by atoms with Gasteiger partial charge in [0.25, 0.3) is 0 Å². The van der Waals surface area contributed by atoms with E-state index in [1.165, 1.54) is 38.5 Å². The van der Waals surface area contributed by atoms with E-state index in [4.69, 9.17) is 4.74 Å². The minimum atomic E-state index is 0.491. The standard InChI is InChI=1S/C18H36O/c1-14(2)8-7-9-17-10-11-18(5,15(3)12-17)16(4)13-19-6/h14-17H,7-13H2,1-6H3. The van der Waals surface area contributed by atoms with Crippen LogP contribution in [-0.2, 0) is 4.74 Å². The summed E-state index contributed by atoms with van der Waals surface area (Å²) in [6.07, 6.45) is 8.56. The second-order valence-corrected chi connectivity index (χ2v) is 7.73. The van der Waals surface area contributed by atoms with Crippen molar-refractivity contribution < 1.29 is 4.74 Å². The van der Waals surface area contributed by atoms with Crippen LogP contribution in [0.3, 0.4) is 0 Å². The molecule has 0 aromatic heterocycles. The first-order valence-electron chi connectivity index (χ1n) is 8.39. The zero-order valence-corrected chi connectivity index (χ0v) is 14.2. The molecule has 4 unspecified atom stereocenters. The van der Waals surface area contributed by atoms with E-state index in [0.29, 0.717) is 11.3 Å². The van der Waals surface area contributed by atoms with E-state index in [0.717, 1.165) is 24.4 Å². The lowest BCUT2D eigenvalue weighted by Gasteiger charge is -2.47. The molecule has 1 fully saturated rings. The van der Waals surface area contributed by atoms with Crippen LogP contribution in [0.1, 0.15) is 73.1 Å². The molecule has 0 amide bonds. The Balaban J connectivity index is 2.42. The van der Waals surface area contributed by atoms with Gasteiger partial charge in [0.15, 0.2) is 0 Å². The molecule has 0 saturated heterocycles. The van der Waals surface area contributed by atoms with Gasteiger partial charge in [0.05, 0.1) is 0 Å². The third-order valence-corrected chi connectivity index (χ3v) is 5.84. The van der Waals surface area contributed by atoms with Crippen LogP contribution >= 0.6 is 0 Å². The molecule has 19 heavy (non-hydrogen) atoms. The maximum absolute atomic E-state index is 5.39. The Hall–Kier alpha value is -0.0400. The average molecular weight is 268 g/mol. The Kier molecular flexibility index (Phi) is 6.86. The Labute approximate surface area is 121 Å². The highest BCUT2D eigenvalue weighted by atomic mass is 16.5. The predicted molar refractivity (Wildman–Crippen MR) is 84.3 cm³/mol. The lowest BCUT2D eigenvalue weighted by Crippen LogP contribution is -2.39. The molecule has 114 valence electrons. The molecule has 1 heteroatoms. The molecule has 1 aliphatic carbocycles. The Morgan fingerprint density at radius 1 is 1.26 bits per heavy atom. The molecule has 0 heterocycles. The topological polar surface area (TPSA) is 9.23 Å². The van der Waals surface area contributed by atoms with Crippen molar-refractivity contribution in [2.75, 3.05) is 13.7 Å². The van der Waals surface area contributed by atoms with Crippen molar-refractivity contribution in [3.63, 3.8) is 0 Å². The van der Waals surface area contributed by atoms with Crippen molar-refractivity contribution in [1.29, 1.82) is 0 Å². The van der Waals surface area contributed by atoms with Gasteiger partial charge in [-0.1, -0.05) is 53.9 Å². The van der Waals surface area contributed by atoms with Crippen LogP contribution in [0, 0.1) is 29.1 Å². The van der Waals surface area contributed by atoms with Gasteiger partial charge in [0.2, 0.25) is 0 Å². The summed E-state index contributed by atoms with van der Waals surface area (Å²) >= 11 is 0. The van der Waals surface area contributed by atoms with Crippen LogP contribution in [0.15, 0.2) is 0 Å². The quantitative estimate of drug-likeness (QED) is 0.589. The summed E-state index contributed by atoms with van der Waals surface area (Å²) in [6, 6.07) is 0. The fraction of sp³-hybridized carbons (Fsp3) is 1.00. The summed E-state index contributed by atoms with van der Waals surface area (Å²) in [5.41, 5.74) is 0.491. The highest BCUT2D eigenvalue weighted by Crippen LogP contribution is 2.49. The first kappa shape index (κ1) is 17.0. The summed E-state index contributed by atoms with van der Waals surface area (Å²) in [5.74, 6) is 3.38. The number of hydrogen-bond acceptors (Lipinski definition) is 1. The van der Waals surface area contributed by atoms with Crippen LogP contribution in [0.2, 0.25) is 0 Å². The van der Waals surface area contributed by atoms with Gasteiger partial charge < -0.3 is 4.74 Å². The summed E-state index contributed by atoms with van der Waals surface area (Å²) < 4.78 is 5.39. The molecule has 1 saturated carbocycles. The molecule has 0 N–H and O–H groups in total. The van der Waals surface area contributed by atoms with Crippen molar-refractivity contribution in [2.24, 2.45) is 29.1 Å². The summed E-state index contributed by atoms with van der Waals surface area (Å²) in [4.78, 5) is 0. The van der Waals surface area contributed by atoms with E-state index in [2.05, 4.69) is 34.6 Å². The number of methoxy groups -OCH3 is 1. The lowest BCUT2D eigenvalue weighted by atomic mass is 9.59. The van der Waals surface area contributed by atoms with Crippen molar-refractivity contribution in [2.45, 2.75) is 73.1 Å². The normalized spacial score (nSPS) is 33.6. The molecule has 1 nitrogen and oxygen atoms in total. The number of rotatable bonds is 7. The monoisotopic (exact) mass is 268 g/mol. The van der Waals surface area contributed by atoms with E-state index in [1.807, 2.05) is 7.11 Å². The van der Waals surface area contributed by atoms with Crippen molar-refractivity contribution in [3.05, 3.63) is 0 Å². The average Bonchev–Trinajstić information content (AvgIpc) is 2.33. The molecule has 0 radical (unpaired) electrons. The van der Waals surface area contributed by atoms with Gasteiger partial charge in [0.1, 0.15) is 0 Å². The minimum Gasteiger partial charge on any atom is -0.384 e. The van der Waals surface area contributed by atoms with Crippen molar-refractivity contribution in [1.82, 2.24) is 0 Å². The molecular weight excluding hydrogens is 232 g/mol. The number of hydrogen-bond donors (Lipinski definition) is 0. The highest BCUT2D eigenvalue weighted by molar-refractivity contribution is 4.90. The van der Waals surface area contributed by atoms with Crippen LogP contribution in [0.4, 0.5) is 0 Å². The van der Waals surface area contributed by atoms with Crippen LogP contribution in [0.5, 0.6) is 0 Å². The van der Waals surface area contributed by atoms with E-state index in [9.17, 15) is 0 Å². The van der Waals surface area contributed by atoms with Gasteiger partial charge >= 0.3 is 0 Å². The summed E-state index contributed by atoms with van der Waals surface area (Å²) in [5, 5.41) is 0. The fourth-order valence-corrected chi connectivity index (χ4v) is 3.90. The lowest BCUT2D eigenvalue weighted by molar-refractivity contribution is -0.00292. The van der Waals surface area contributed by atoms with Gasteiger partial charge in [0, 0.05) is 13.7 Å². The van der Waals surface area contributed by atoms with Crippen LogP contribution in [0.25, 0.3) is 0 Å². The highest BCUT2D eigenvalue weighted by Gasteiger charge is 2.40. The van der Waals surface area contributed by atoms with E-state index >= 15 is 0 Å². The first-order chi connectivity index (χ1) is 8.90. The largest absolute Gasteiger partial charge is 0.384 e. The van der Waals surface area contributed by atoms with E-state index in [-0.39, 0.29) is 0 Å². The van der Waals surface area contributed by atoms with Gasteiger partial charge in [-0.05, 0) is 48.3 Å². The molecule has 0 spiro atoms. The zero-order chi connectivity index (χ0) is 14.5. The van der Waals surface area contributed by atoms with E-state index < -0.39 is 0 Å². The van der Waals surface area contributed by atoms with Gasteiger partial charge in [-0.2, -0.15) is 0 Å².